The molecule has 2 aromatic heterocycles. The lowest BCUT2D eigenvalue weighted by Crippen LogP contribution is -2.26. The molecule has 3 rings (SSSR count). The molecule has 124 valence electrons. The van der Waals surface area contributed by atoms with Crippen LogP contribution in [0.4, 0.5) is 0 Å². The maximum absolute atomic E-state index is 12.5. The molecule has 0 fully saturated rings. The topological polar surface area (TPSA) is 56.2 Å². The van der Waals surface area contributed by atoms with E-state index in [-0.39, 0.29) is 5.91 Å². The molecule has 0 saturated heterocycles. The molecule has 0 aliphatic heterocycles. The summed E-state index contributed by atoms with van der Waals surface area (Å²) in [6, 6.07) is 13.3. The van der Waals surface area contributed by atoms with Gasteiger partial charge in [0.1, 0.15) is 17.1 Å². The normalized spacial score (nSPS) is 10.6. The van der Waals surface area contributed by atoms with Gasteiger partial charge in [-0.1, -0.05) is 13.0 Å². The van der Waals surface area contributed by atoms with Gasteiger partial charge in [0.2, 0.25) is 0 Å². The van der Waals surface area contributed by atoms with Crippen LogP contribution in [0.2, 0.25) is 0 Å². The SMILES string of the molecule is CCCNC(=O)c1cc(-c2cccs2)nn1-c1ccc(OC)cc1. The van der Waals surface area contributed by atoms with Crippen LogP contribution in [0.5, 0.6) is 5.75 Å². The summed E-state index contributed by atoms with van der Waals surface area (Å²) in [6.07, 6.45) is 0.889. The molecule has 1 aromatic carbocycles. The van der Waals surface area contributed by atoms with Gasteiger partial charge in [-0.15, -0.1) is 11.3 Å². The summed E-state index contributed by atoms with van der Waals surface area (Å²) in [5.74, 6) is 0.643. The van der Waals surface area contributed by atoms with Crippen LogP contribution in [-0.4, -0.2) is 29.3 Å². The first-order chi connectivity index (χ1) is 11.7. The Hall–Kier alpha value is -2.60. The van der Waals surface area contributed by atoms with Crippen LogP contribution >= 0.6 is 11.3 Å². The number of hydrogen-bond donors (Lipinski definition) is 1. The van der Waals surface area contributed by atoms with Gasteiger partial charge in [-0.05, 0) is 48.2 Å². The number of nitrogens with zero attached hydrogens (tertiary/aromatic N) is 2. The van der Waals surface area contributed by atoms with E-state index in [0.717, 1.165) is 28.4 Å². The minimum atomic E-state index is -0.122. The Morgan fingerprint density at radius 2 is 2.08 bits per heavy atom. The molecule has 0 saturated carbocycles. The quantitative estimate of drug-likeness (QED) is 0.743. The molecule has 6 heteroatoms. The molecule has 5 nitrogen and oxygen atoms in total. The van der Waals surface area contributed by atoms with Crippen LogP contribution < -0.4 is 10.1 Å². The van der Waals surface area contributed by atoms with E-state index in [1.165, 1.54) is 0 Å². The molecular weight excluding hydrogens is 322 g/mol. The van der Waals surface area contributed by atoms with E-state index in [2.05, 4.69) is 10.4 Å². The standard InChI is InChI=1S/C18H19N3O2S/c1-3-10-19-18(22)16-12-15(17-5-4-11-24-17)20-21(16)13-6-8-14(23-2)9-7-13/h4-9,11-12H,3,10H2,1-2H3,(H,19,22). The molecule has 0 radical (unpaired) electrons. The number of nitrogens with one attached hydrogen (secondary N) is 1. The van der Waals surface area contributed by atoms with Gasteiger partial charge in [0.25, 0.3) is 5.91 Å². The van der Waals surface area contributed by atoms with Crippen molar-refractivity contribution in [1.82, 2.24) is 15.1 Å². The molecule has 1 N–H and O–H groups in total. The molecule has 0 unspecified atom stereocenters. The first kappa shape index (κ1) is 16.3. The van der Waals surface area contributed by atoms with Crippen molar-refractivity contribution in [2.24, 2.45) is 0 Å². The molecule has 0 aliphatic rings. The summed E-state index contributed by atoms with van der Waals surface area (Å²) in [6.45, 7) is 2.67. The number of thiophene rings is 1. The highest BCUT2D eigenvalue weighted by Crippen LogP contribution is 2.26. The predicted octanol–water partition coefficient (Wildman–Crippen LogP) is 3.75. The molecule has 3 aromatic rings. The summed E-state index contributed by atoms with van der Waals surface area (Å²) in [5.41, 5.74) is 2.14. The van der Waals surface area contributed by atoms with Crippen molar-refractivity contribution in [1.29, 1.82) is 0 Å². The van der Waals surface area contributed by atoms with Gasteiger partial charge >= 0.3 is 0 Å². The molecule has 0 atom stereocenters. The molecule has 0 bridgehead atoms. The molecular formula is C18H19N3O2S. The van der Waals surface area contributed by atoms with Gasteiger partial charge < -0.3 is 10.1 Å². The van der Waals surface area contributed by atoms with Crippen molar-refractivity contribution in [3.8, 4) is 22.0 Å². The average Bonchev–Trinajstić information content (AvgIpc) is 3.29. The average molecular weight is 341 g/mol. The Morgan fingerprint density at radius 3 is 2.71 bits per heavy atom. The van der Waals surface area contributed by atoms with E-state index in [0.29, 0.717) is 12.2 Å². The van der Waals surface area contributed by atoms with Crippen molar-refractivity contribution in [3.63, 3.8) is 0 Å². The van der Waals surface area contributed by atoms with Crippen LogP contribution in [0.15, 0.2) is 47.8 Å². The number of hydrogen-bond acceptors (Lipinski definition) is 4. The van der Waals surface area contributed by atoms with Crippen molar-refractivity contribution >= 4 is 17.2 Å². The highest BCUT2D eigenvalue weighted by atomic mass is 32.1. The summed E-state index contributed by atoms with van der Waals surface area (Å²) >= 11 is 1.60. The second-order valence-corrected chi connectivity index (χ2v) is 6.21. The van der Waals surface area contributed by atoms with Gasteiger partial charge in [0, 0.05) is 6.54 Å². The fourth-order valence-electron chi connectivity index (χ4n) is 2.34. The Labute approximate surface area is 144 Å². The zero-order valence-corrected chi connectivity index (χ0v) is 14.5. The number of rotatable bonds is 6. The van der Waals surface area contributed by atoms with Gasteiger partial charge in [0.15, 0.2) is 0 Å². The van der Waals surface area contributed by atoms with Gasteiger partial charge in [-0.3, -0.25) is 4.79 Å². The summed E-state index contributed by atoms with van der Waals surface area (Å²) < 4.78 is 6.87. The van der Waals surface area contributed by atoms with Crippen LogP contribution in [0.25, 0.3) is 16.3 Å². The summed E-state index contributed by atoms with van der Waals surface area (Å²) in [4.78, 5) is 13.5. The number of carbonyl (C=O) groups excluding carboxylic acids is 1. The predicted molar refractivity (Wildman–Crippen MR) is 96.1 cm³/mol. The van der Waals surface area contributed by atoms with Crippen LogP contribution in [0.1, 0.15) is 23.8 Å². The highest BCUT2D eigenvalue weighted by Gasteiger charge is 2.17. The van der Waals surface area contributed by atoms with E-state index >= 15 is 0 Å². The lowest BCUT2D eigenvalue weighted by atomic mass is 10.2. The zero-order chi connectivity index (χ0) is 16.9. The lowest BCUT2D eigenvalue weighted by Gasteiger charge is -2.08. The largest absolute Gasteiger partial charge is 0.497 e. The van der Waals surface area contributed by atoms with Crippen molar-refractivity contribution in [2.75, 3.05) is 13.7 Å². The smallest absolute Gasteiger partial charge is 0.270 e. The van der Waals surface area contributed by atoms with E-state index in [1.807, 2.05) is 54.8 Å². The minimum absolute atomic E-state index is 0.122. The van der Waals surface area contributed by atoms with Crippen molar-refractivity contribution in [3.05, 3.63) is 53.5 Å². The number of aromatic nitrogens is 2. The fraction of sp³-hybridized carbons (Fsp3) is 0.222. The monoisotopic (exact) mass is 341 g/mol. The molecule has 24 heavy (non-hydrogen) atoms. The van der Waals surface area contributed by atoms with E-state index < -0.39 is 0 Å². The Kier molecular flexibility index (Phi) is 4.96. The third kappa shape index (κ3) is 3.33. The second-order valence-electron chi connectivity index (χ2n) is 5.26. The first-order valence-corrected chi connectivity index (χ1v) is 8.67. The summed E-state index contributed by atoms with van der Waals surface area (Å²) in [7, 11) is 1.63. The Balaban J connectivity index is 2.02. The third-order valence-electron chi connectivity index (χ3n) is 3.57. The highest BCUT2D eigenvalue weighted by molar-refractivity contribution is 7.13. The third-order valence-corrected chi connectivity index (χ3v) is 4.46. The fourth-order valence-corrected chi connectivity index (χ4v) is 3.02. The van der Waals surface area contributed by atoms with Gasteiger partial charge in [0.05, 0.1) is 17.7 Å². The number of ether oxygens (including phenoxy) is 1. The molecule has 0 spiro atoms. The van der Waals surface area contributed by atoms with Crippen molar-refractivity contribution < 1.29 is 9.53 Å². The van der Waals surface area contributed by atoms with Crippen LogP contribution in [0.3, 0.4) is 0 Å². The second kappa shape index (κ2) is 7.31. The number of benzene rings is 1. The maximum atomic E-state index is 12.5. The zero-order valence-electron chi connectivity index (χ0n) is 13.7. The molecule has 1 amide bonds. The van der Waals surface area contributed by atoms with Crippen molar-refractivity contribution in [2.45, 2.75) is 13.3 Å². The van der Waals surface area contributed by atoms with E-state index in [1.54, 1.807) is 23.1 Å². The number of carbonyl (C=O) groups is 1. The first-order valence-electron chi connectivity index (χ1n) is 7.79. The van der Waals surface area contributed by atoms with E-state index in [9.17, 15) is 4.79 Å². The van der Waals surface area contributed by atoms with Gasteiger partial charge in [-0.25, -0.2) is 4.68 Å². The Bertz CT molecular complexity index is 807. The maximum Gasteiger partial charge on any atom is 0.270 e. The van der Waals surface area contributed by atoms with Crippen LogP contribution in [0, 0.1) is 0 Å². The number of amides is 1. The molecule has 0 aliphatic carbocycles. The summed E-state index contributed by atoms with van der Waals surface area (Å²) in [5, 5.41) is 9.55. The van der Waals surface area contributed by atoms with Crippen LogP contribution in [-0.2, 0) is 0 Å². The van der Waals surface area contributed by atoms with Gasteiger partial charge in [-0.2, -0.15) is 5.10 Å². The number of methoxy groups -OCH3 is 1. The minimum Gasteiger partial charge on any atom is -0.497 e. The Morgan fingerprint density at radius 1 is 1.29 bits per heavy atom. The van der Waals surface area contributed by atoms with E-state index in [4.69, 9.17) is 4.74 Å². The molecule has 2 heterocycles. The lowest BCUT2D eigenvalue weighted by molar-refractivity contribution is 0.0946.